The summed E-state index contributed by atoms with van der Waals surface area (Å²) in [6, 6.07) is 14.5. The second-order valence-electron chi connectivity index (χ2n) is 6.38. The molecule has 1 heterocycles. The minimum atomic E-state index is 0.180. The molecule has 0 saturated carbocycles. The number of aromatic nitrogens is 1. The monoisotopic (exact) mass is 320 g/mol. The Bertz CT molecular complexity index is 861. The van der Waals surface area contributed by atoms with Gasteiger partial charge in [0.05, 0.1) is 6.10 Å². The van der Waals surface area contributed by atoms with Gasteiger partial charge in [-0.25, -0.2) is 0 Å². The van der Waals surface area contributed by atoms with Crippen LogP contribution in [0.3, 0.4) is 0 Å². The lowest BCUT2D eigenvalue weighted by molar-refractivity contribution is 0.242. The molecular formula is C21H24N2O. The maximum Gasteiger partial charge on any atom is 0.120 e. The van der Waals surface area contributed by atoms with E-state index >= 15 is 0 Å². The quantitative estimate of drug-likeness (QED) is 0.669. The third kappa shape index (κ3) is 3.62. The standard InChI is InChI=1S/C21H24N2O/c1-14(2)24-19-7-5-6-17(10-19)13-22-16(4)18-8-9-21-20(11-18)15(3)12-23-21/h5-12,14,22-23H,4,13H2,1-3H3. The minimum Gasteiger partial charge on any atom is -0.491 e. The molecule has 0 saturated heterocycles. The van der Waals surface area contributed by atoms with Gasteiger partial charge in [0, 0.05) is 29.3 Å². The number of fused-ring (bicyclic) bond motifs is 1. The van der Waals surface area contributed by atoms with Crippen molar-refractivity contribution in [1.82, 2.24) is 10.3 Å². The zero-order valence-corrected chi connectivity index (χ0v) is 14.5. The van der Waals surface area contributed by atoms with Gasteiger partial charge in [-0.15, -0.1) is 0 Å². The fourth-order valence-corrected chi connectivity index (χ4v) is 2.76. The molecule has 3 aromatic rings. The molecule has 2 aromatic carbocycles. The maximum absolute atomic E-state index is 5.75. The first kappa shape index (κ1) is 16.2. The molecule has 2 N–H and O–H groups in total. The Balaban J connectivity index is 1.69. The van der Waals surface area contributed by atoms with Gasteiger partial charge in [0.25, 0.3) is 0 Å². The van der Waals surface area contributed by atoms with Gasteiger partial charge in [-0.2, -0.15) is 0 Å². The molecule has 0 aliphatic heterocycles. The SMILES string of the molecule is C=C(NCc1cccc(OC(C)C)c1)c1ccc2[nH]cc(C)c2c1. The van der Waals surface area contributed by atoms with E-state index in [0.717, 1.165) is 29.1 Å². The highest BCUT2D eigenvalue weighted by molar-refractivity contribution is 5.86. The molecule has 0 atom stereocenters. The van der Waals surface area contributed by atoms with E-state index in [-0.39, 0.29) is 6.10 Å². The Labute approximate surface area is 143 Å². The average molecular weight is 320 g/mol. The van der Waals surface area contributed by atoms with Crippen molar-refractivity contribution < 1.29 is 4.74 Å². The van der Waals surface area contributed by atoms with Crippen LogP contribution in [0.15, 0.2) is 55.2 Å². The molecule has 24 heavy (non-hydrogen) atoms. The van der Waals surface area contributed by atoms with E-state index in [4.69, 9.17) is 4.74 Å². The van der Waals surface area contributed by atoms with Crippen molar-refractivity contribution in [2.45, 2.75) is 33.4 Å². The molecule has 124 valence electrons. The molecule has 0 radical (unpaired) electrons. The van der Waals surface area contributed by atoms with Crippen molar-refractivity contribution >= 4 is 16.6 Å². The molecule has 0 spiro atoms. The molecule has 0 bridgehead atoms. The number of ether oxygens (including phenoxy) is 1. The molecule has 0 fully saturated rings. The van der Waals surface area contributed by atoms with Gasteiger partial charge in [-0.3, -0.25) is 0 Å². The lowest BCUT2D eigenvalue weighted by atomic mass is 10.1. The summed E-state index contributed by atoms with van der Waals surface area (Å²) in [7, 11) is 0. The van der Waals surface area contributed by atoms with E-state index in [9.17, 15) is 0 Å². The van der Waals surface area contributed by atoms with Crippen molar-refractivity contribution in [3.63, 3.8) is 0 Å². The Morgan fingerprint density at radius 3 is 2.83 bits per heavy atom. The topological polar surface area (TPSA) is 37.0 Å². The third-order valence-electron chi connectivity index (χ3n) is 4.01. The van der Waals surface area contributed by atoms with Gasteiger partial charge in [-0.05, 0) is 61.7 Å². The van der Waals surface area contributed by atoms with E-state index in [1.54, 1.807) is 0 Å². The van der Waals surface area contributed by atoms with E-state index in [1.807, 2.05) is 32.2 Å². The van der Waals surface area contributed by atoms with Crippen LogP contribution in [0.5, 0.6) is 5.75 Å². The maximum atomic E-state index is 5.75. The van der Waals surface area contributed by atoms with Gasteiger partial charge in [0.15, 0.2) is 0 Å². The number of aromatic amines is 1. The lowest BCUT2D eigenvalue weighted by Crippen LogP contribution is -2.11. The molecule has 3 rings (SSSR count). The number of H-pyrrole nitrogens is 1. The van der Waals surface area contributed by atoms with Crippen LogP contribution >= 0.6 is 0 Å². The normalized spacial score (nSPS) is 11.0. The van der Waals surface area contributed by atoms with Crippen molar-refractivity contribution in [3.8, 4) is 5.75 Å². The molecule has 1 aromatic heterocycles. The average Bonchev–Trinajstić information content (AvgIpc) is 2.93. The summed E-state index contributed by atoms with van der Waals surface area (Å²) in [4.78, 5) is 3.27. The largest absolute Gasteiger partial charge is 0.491 e. The smallest absolute Gasteiger partial charge is 0.120 e. The van der Waals surface area contributed by atoms with Crippen molar-refractivity contribution in [2.75, 3.05) is 0 Å². The predicted molar refractivity (Wildman–Crippen MR) is 101 cm³/mol. The summed E-state index contributed by atoms with van der Waals surface area (Å²) in [6.45, 7) is 11.1. The van der Waals surface area contributed by atoms with Gasteiger partial charge in [0.2, 0.25) is 0 Å². The van der Waals surface area contributed by atoms with Crippen LogP contribution in [0.25, 0.3) is 16.6 Å². The van der Waals surface area contributed by atoms with Crippen molar-refractivity contribution in [3.05, 3.63) is 71.9 Å². The van der Waals surface area contributed by atoms with E-state index in [0.29, 0.717) is 0 Å². The summed E-state index contributed by atoms with van der Waals surface area (Å²) in [6.07, 6.45) is 2.21. The van der Waals surface area contributed by atoms with Gasteiger partial charge >= 0.3 is 0 Å². The number of aryl methyl sites for hydroxylation is 1. The molecule has 0 aliphatic carbocycles. The summed E-state index contributed by atoms with van der Waals surface area (Å²) in [5.41, 5.74) is 5.61. The minimum absolute atomic E-state index is 0.180. The number of rotatable bonds is 6. The van der Waals surface area contributed by atoms with Gasteiger partial charge < -0.3 is 15.0 Å². The van der Waals surface area contributed by atoms with Gasteiger partial charge in [0.1, 0.15) is 5.75 Å². The highest BCUT2D eigenvalue weighted by atomic mass is 16.5. The van der Waals surface area contributed by atoms with Crippen molar-refractivity contribution in [2.24, 2.45) is 0 Å². The Hall–Kier alpha value is -2.68. The molecule has 0 amide bonds. The Kier molecular flexibility index (Phi) is 4.61. The first-order chi connectivity index (χ1) is 11.5. The first-order valence-electron chi connectivity index (χ1n) is 8.29. The third-order valence-corrected chi connectivity index (χ3v) is 4.01. The predicted octanol–water partition coefficient (Wildman–Crippen LogP) is 5.02. The van der Waals surface area contributed by atoms with E-state index in [1.165, 1.54) is 16.5 Å². The number of hydrogen-bond donors (Lipinski definition) is 2. The Morgan fingerprint density at radius 1 is 1.21 bits per heavy atom. The zero-order chi connectivity index (χ0) is 17.1. The van der Waals surface area contributed by atoms with E-state index in [2.05, 4.69) is 54.1 Å². The Morgan fingerprint density at radius 2 is 2.04 bits per heavy atom. The van der Waals surface area contributed by atoms with Crippen LogP contribution in [0.2, 0.25) is 0 Å². The summed E-state index contributed by atoms with van der Waals surface area (Å²) in [5.74, 6) is 0.902. The summed E-state index contributed by atoms with van der Waals surface area (Å²) < 4.78 is 5.75. The molecule has 0 unspecified atom stereocenters. The van der Waals surface area contributed by atoms with Crippen LogP contribution in [-0.2, 0) is 6.54 Å². The number of benzene rings is 2. The first-order valence-corrected chi connectivity index (χ1v) is 8.29. The van der Waals surface area contributed by atoms with E-state index < -0.39 is 0 Å². The highest BCUT2D eigenvalue weighted by Crippen LogP contribution is 2.22. The molecular weight excluding hydrogens is 296 g/mol. The molecule has 0 aliphatic rings. The number of nitrogens with one attached hydrogen (secondary N) is 2. The van der Waals surface area contributed by atoms with Crippen LogP contribution in [0.4, 0.5) is 0 Å². The summed E-state index contributed by atoms with van der Waals surface area (Å²) in [5, 5.41) is 4.65. The van der Waals surface area contributed by atoms with Crippen LogP contribution in [0.1, 0.15) is 30.5 Å². The van der Waals surface area contributed by atoms with Gasteiger partial charge in [-0.1, -0.05) is 24.8 Å². The highest BCUT2D eigenvalue weighted by Gasteiger charge is 2.05. The fraction of sp³-hybridized carbons (Fsp3) is 0.238. The van der Waals surface area contributed by atoms with Crippen LogP contribution in [-0.4, -0.2) is 11.1 Å². The zero-order valence-electron chi connectivity index (χ0n) is 14.5. The lowest BCUT2D eigenvalue weighted by Gasteiger charge is -2.13. The second-order valence-corrected chi connectivity index (χ2v) is 6.38. The molecule has 3 heteroatoms. The van der Waals surface area contributed by atoms with Crippen molar-refractivity contribution in [1.29, 1.82) is 0 Å². The second kappa shape index (κ2) is 6.83. The number of hydrogen-bond acceptors (Lipinski definition) is 2. The molecule has 3 nitrogen and oxygen atoms in total. The summed E-state index contributed by atoms with van der Waals surface area (Å²) >= 11 is 0. The van der Waals surface area contributed by atoms with Crippen LogP contribution < -0.4 is 10.1 Å². The fourth-order valence-electron chi connectivity index (χ4n) is 2.76. The van der Waals surface area contributed by atoms with Crippen LogP contribution in [0, 0.1) is 6.92 Å².